The number of aromatic nitrogens is 4. The summed E-state index contributed by atoms with van der Waals surface area (Å²) in [6.45, 7) is 4.71. The van der Waals surface area contributed by atoms with Gasteiger partial charge in [0.05, 0.1) is 17.8 Å². The zero-order valence-corrected chi connectivity index (χ0v) is 17.3. The van der Waals surface area contributed by atoms with Crippen molar-refractivity contribution in [1.29, 1.82) is 0 Å². The summed E-state index contributed by atoms with van der Waals surface area (Å²) in [6, 6.07) is 12.3. The van der Waals surface area contributed by atoms with E-state index in [9.17, 15) is 4.79 Å². The number of halogens is 1. The highest BCUT2D eigenvalue weighted by molar-refractivity contribution is 6.30. The van der Waals surface area contributed by atoms with Crippen LogP contribution in [0.2, 0.25) is 5.02 Å². The van der Waals surface area contributed by atoms with E-state index in [0.717, 1.165) is 28.9 Å². The van der Waals surface area contributed by atoms with E-state index in [1.807, 2.05) is 42.8 Å². The molecule has 0 aliphatic rings. The van der Waals surface area contributed by atoms with Crippen molar-refractivity contribution in [2.45, 2.75) is 26.4 Å². The Kier molecular flexibility index (Phi) is 5.63. The molecule has 0 radical (unpaired) electrons. The van der Waals surface area contributed by atoms with Gasteiger partial charge < -0.3 is 9.84 Å². The number of pyridine rings is 1. The van der Waals surface area contributed by atoms with Crippen LogP contribution in [0.25, 0.3) is 11.3 Å². The molecular formula is C22H20ClN5O2. The molecular weight excluding hydrogens is 402 g/mol. The predicted molar refractivity (Wildman–Crippen MR) is 113 cm³/mol. The van der Waals surface area contributed by atoms with Crippen LogP contribution in [-0.2, 0) is 6.54 Å². The van der Waals surface area contributed by atoms with Gasteiger partial charge in [0.1, 0.15) is 0 Å². The minimum Gasteiger partial charge on any atom is -0.355 e. The van der Waals surface area contributed by atoms with Gasteiger partial charge in [-0.25, -0.2) is 0 Å². The number of rotatable bonds is 6. The molecule has 0 bridgehead atoms. The summed E-state index contributed by atoms with van der Waals surface area (Å²) in [4.78, 5) is 17.1. The number of hydrogen-bond donors (Lipinski definition) is 1. The number of benzene rings is 1. The van der Waals surface area contributed by atoms with Gasteiger partial charge >= 0.3 is 0 Å². The average molecular weight is 422 g/mol. The van der Waals surface area contributed by atoms with Gasteiger partial charge in [0.2, 0.25) is 0 Å². The van der Waals surface area contributed by atoms with Crippen LogP contribution in [0.5, 0.6) is 0 Å². The first-order valence-corrected chi connectivity index (χ1v) is 9.90. The molecule has 0 aliphatic heterocycles. The van der Waals surface area contributed by atoms with Crippen molar-refractivity contribution >= 4 is 17.5 Å². The predicted octanol–water partition coefficient (Wildman–Crippen LogP) is 4.43. The maximum absolute atomic E-state index is 13.0. The molecule has 1 aromatic carbocycles. The zero-order valence-electron chi connectivity index (χ0n) is 16.5. The Morgan fingerprint density at radius 2 is 2.00 bits per heavy atom. The molecule has 7 nitrogen and oxygen atoms in total. The number of carbonyl (C=O) groups is 1. The zero-order chi connectivity index (χ0) is 21.1. The lowest BCUT2D eigenvalue weighted by molar-refractivity contribution is 0.0934. The Morgan fingerprint density at radius 3 is 2.67 bits per heavy atom. The highest BCUT2D eigenvalue weighted by atomic mass is 35.5. The number of aryl methyl sites for hydroxylation is 1. The van der Waals surface area contributed by atoms with Crippen LogP contribution in [0.3, 0.4) is 0 Å². The maximum atomic E-state index is 13.0. The van der Waals surface area contributed by atoms with Crippen molar-refractivity contribution in [3.8, 4) is 11.3 Å². The van der Waals surface area contributed by atoms with Crippen molar-refractivity contribution < 1.29 is 9.32 Å². The lowest BCUT2D eigenvalue weighted by Gasteiger charge is -2.19. The monoisotopic (exact) mass is 421 g/mol. The summed E-state index contributed by atoms with van der Waals surface area (Å²) in [5.74, 6) is 0.149. The first kappa shape index (κ1) is 19.8. The van der Waals surface area contributed by atoms with Gasteiger partial charge in [-0.3, -0.25) is 14.5 Å². The van der Waals surface area contributed by atoms with Crippen LogP contribution in [-0.4, -0.2) is 25.8 Å². The van der Waals surface area contributed by atoms with E-state index in [-0.39, 0.29) is 11.6 Å². The maximum Gasteiger partial charge on any atom is 0.274 e. The summed E-state index contributed by atoms with van der Waals surface area (Å²) in [7, 11) is 0. The number of nitrogens with zero attached hydrogens (tertiary/aromatic N) is 4. The fourth-order valence-electron chi connectivity index (χ4n) is 3.28. The van der Waals surface area contributed by atoms with Gasteiger partial charge in [-0.1, -0.05) is 35.0 Å². The Hall–Kier alpha value is -3.45. The molecule has 4 rings (SSSR count). The summed E-state index contributed by atoms with van der Waals surface area (Å²) < 4.78 is 7.28. The molecule has 8 heteroatoms. The summed E-state index contributed by atoms with van der Waals surface area (Å²) in [5, 5.41) is 11.9. The van der Waals surface area contributed by atoms with E-state index in [0.29, 0.717) is 10.8 Å². The normalized spacial score (nSPS) is 12.0. The fraction of sp³-hybridized carbons (Fsp3) is 0.182. The molecule has 3 aromatic heterocycles. The van der Waals surface area contributed by atoms with Gasteiger partial charge in [-0.05, 0) is 43.2 Å². The number of amides is 1. The van der Waals surface area contributed by atoms with Gasteiger partial charge in [0, 0.05) is 35.7 Å². The third kappa shape index (κ3) is 3.97. The quantitative estimate of drug-likeness (QED) is 0.497. The van der Waals surface area contributed by atoms with Crippen LogP contribution >= 0.6 is 11.6 Å². The molecule has 1 atom stereocenters. The fourth-order valence-corrected chi connectivity index (χ4v) is 3.41. The molecule has 4 aromatic rings. The van der Waals surface area contributed by atoms with Crippen molar-refractivity contribution in [3.63, 3.8) is 0 Å². The van der Waals surface area contributed by atoms with Crippen LogP contribution in [0.4, 0.5) is 0 Å². The van der Waals surface area contributed by atoms with Gasteiger partial charge in [-0.15, -0.1) is 0 Å². The first-order valence-electron chi connectivity index (χ1n) is 9.52. The number of carbonyl (C=O) groups excluding carboxylic acids is 1. The number of nitrogens with one attached hydrogen (secondary N) is 1. The van der Waals surface area contributed by atoms with Crippen molar-refractivity contribution in [2.75, 3.05) is 0 Å². The van der Waals surface area contributed by atoms with E-state index in [2.05, 4.69) is 20.6 Å². The second kappa shape index (κ2) is 8.51. The van der Waals surface area contributed by atoms with E-state index < -0.39 is 6.04 Å². The Bertz CT molecular complexity index is 1150. The highest BCUT2D eigenvalue weighted by Gasteiger charge is 2.22. The second-order valence-corrected chi connectivity index (χ2v) is 7.22. The van der Waals surface area contributed by atoms with Gasteiger partial charge in [0.15, 0.2) is 11.5 Å². The number of hydrogen-bond acceptors (Lipinski definition) is 5. The third-order valence-electron chi connectivity index (χ3n) is 4.91. The summed E-state index contributed by atoms with van der Waals surface area (Å²) in [6.07, 6.45) is 5.12. The molecule has 1 N–H and O–H groups in total. The van der Waals surface area contributed by atoms with E-state index in [1.54, 1.807) is 36.8 Å². The Labute approximate surface area is 178 Å². The van der Waals surface area contributed by atoms with E-state index >= 15 is 0 Å². The van der Waals surface area contributed by atoms with Crippen molar-refractivity contribution in [2.24, 2.45) is 0 Å². The second-order valence-electron chi connectivity index (χ2n) is 6.78. The lowest BCUT2D eigenvalue weighted by atomic mass is 10.00. The largest absolute Gasteiger partial charge is 0.355 e. The van der Waals surface area contributed by atoms with E-state index in [1.165, 1.54) is 0 Å². The minimum absolute atomic E-state index is 0.191. The lowest BCUT2D eigenvalue weighted by Crippen LogP contribution is -2.29. The standard InChI is InChI=1S/C22H20ClN5O2/c1-3-28-14(2)18(13-25-28)20-11-19(27-30-20)22(29)26-21(16-5-4-10-24-12-16)15-6-8-17(23)9-7-15/h4-13,21H,3H2,1-2H3,(H,26,29). The Morgan fingerprint density at radius 1 is 1.20 bits per heavy atom. The molecule has 1 amide bonds. The van der Waals surface area contributed by atoms with Crippen LogP contribution in [0, 0.1) is 6.92 Å². The van der Waals surface area contributed by atoms with E-state index in [4.69, 9.17) is 16.1 Å². The molecule has 0 spiro atoms. The molecule has 3 heterocycles. The van der Waals surface area contributed by atoms with Crippen molar-refractivity contribution in [3.05, 3.63) is 88.6 Å². The molecule has 0 saturated heterocycles. The summed E-state index contributed by atoms with van der Waals surface area (Å²) in [5.41, 5.74) is 3.68. The first-order chi connectivity index (χ1) is 14.6. The van der Waals surface area contributed by atoms with Crippen LogP contribution < -0.4 is 5.32 Å². The molecule has 0 saturated carbocycles. The third-order valence-corrected chi connectivity index (χ3v) is 5.16. The topological polar surface area (TPSA) is 85.8 Å². The summed E-state index contributed by atoms with van der Waals surface area (Å²) >= 11 is 6.02. The molecule has 152 valence electrons. The SMILES string of the molecule is CCn1ncc(-c2cc(C(=O)NC(c3ccc(Cl)cc3)c3cccnc3)no2)c1C. The average Bonchev–Trinajstić information content (AvgIpc) is 3.40. The smallest absolute Gasteiger partial charge is 0.274 e. The minimum atomic E-state index is -0.409. The van der Waals surface area contributed by atoms with Crippen LogP contribution in [0.1, 0.15) is 40.3 Å². The van der Waals surface area contributed by atoms with Crippen LogP contribution in [0.15, 0.2) is 65.6 Å². The Balaban J connectivity index is 1.61. The molecule has 30 heavy (non-hydrogen) atoms. The molecule has 0 aliphatic carbocycles. The molecule has 0 fully saturated rings. The van der Waals surface area contributed by atoms with Gasteiger partial charge in [-0.2, -0.15) is 5.10 Å². The molecule has 1 unspecified atom stereocenters. The van der Waals surface area contributed by atoms with Gasteiger partial charge in [0.25, 0.3) is 5.91 Å². The highest BCUT2D eigenvalue weighted by Crippen LogP contribution is 2.26. The van der Waals surface area contributed by atoms with Crippen molar-refractivity contribution in [1.82, 2.24) is 25.2 Å².